The first-order chi connectivity index (χ1) is 18.9. The van der Waals surface area contributed by atoms with E-state index in [4.69, 9.17) is 14.5 Å². The summed E-state index contributed by atoms with van der Waals surface area (Å²) in [5.74, 6) is 2.72. The Morgan fingerprint density at radius 3 is 2.41 bits per heavy atom. The number of carbonyl (C=O) groups excluding carboxylic acids is 2. The number of nitrogens with one attached hydrogen (secondary N) is 2. The second-order valence-electron chi connectivity index (χ2n) is 9.31. The molecule has 2 atom stereocenters. The lowest BCUT2D eigenvalue weighted by Gasteiger charge is -2.13. The van der Waals surface area contributed by atoms with Crippen molar-refractivity contribution in [3.05, 3.63) is 78.1 Å². The summed E-state index contributed by atoms with van der Waals surface area (Å²) in [4.78, 5) is 27.3. The Balaban J connectivity index is 1.37. The van der Waals surface area contributed by atoms with Gasteiger partial charge in [0.2, 0.25) is 12.3 Å². The fraction of sp³-hybridized carbons (Fsp3) is 0.300. The number of anilines is 1. The van der Waals surface area contributed by atoms with Gasteiger partial charge >= 0.3 is 0 Å². The first-order valence-corrected chi connectivity index (χ1v) is 14.2. The molecule has 2 unspecified atom stereocenters. The molecule has 1 aromatic heterocycles. The molecule has 0 spiro atoms. The van der Waals surface area contributed by atoms with Crippen molar-refractivity contribution in [3.8, 4) is 17.2 Å². The summed E-state index contributed by atoms with van der Waals surface area (Å²) in [5.41, 5.74) is 3.88. The Morgan fingerprint density at radius 2 is 1.74 bits per heavy atom. The van der Waals surface area contributed by atoms with E-state index < -0.39 is 0 Å². The third-order valence-corrected chi connectivity index (χ3v) is 7.50. The van der Waals surface area contributed by atoms with E-state index in [-0.39, 0.29) is 11.2 Å². The number of nitrogens with zero attached hydrogens (tertiary/aromatic N) is 2. The zero-order valence-electron chi connectivity index (χ0n) is 22.6. The highest BCUT2D eigenvalue weighted by molar-refractivity contribution is 7.99. The van der Waals surface area contributed by atoms with Crippen molar-refractivity contribution in [2.75, 3.05) is 11.6 Å². The molecule has 0 saturated heterocycles. The Hall–Kier alpha value is -3.98. The summed E-state index contributed by atoms with van der Waals surface area (Å²) in [6, 6.07) is 21.9. The van der Waals surface area contributed by atoms with Gasteiger partial charge in [0.15, 0.2) is 0 Å². The number of hydrogen-bond donors (Lipinski definition) is 2. The molecule has 9 heteroatoms. The second-order valence-corrected chi connectivity index (χ2v) is 10.3. The van der Waals surface area contributed by atoms with E-state index in [0.29, 0.717) is 31.2 Å². The van der Waals surface area contributed by atoms with Crippen LogP contribution in [0.3, 0.4) is 0 Å². The van der Waals surface area contributed by atoms with Crippen molar-refractivity contribution in [3.63, 3.8) is 0 Å². The maximum Gasteiger partial charge on any atom is 0.239 e. The summed E-state index contributed by atoms with van der Waals surface area (Å²) < 4.78 is 14.1. The van der Waals surface area contributed by atoms with Gasteiger partial charge in [0.1, 0.15) is 29.7 Å². The van der Waals surface area contributed by atoms with Crippen LogP contribution in [0.25, 0.3) is 11.0 Å². The molecule has 3 aromatic carbocycles. The predicted octanol–water partition coefficient (Wildman–Crippen LogP) is 5.70. The molecule has 4 rings (SSSR count). The molecule has 39 heavy (non-hydrogen) atoms. The third kappa shape index (κ3) is 7.32. The average molecular weight is 547 g/mol. The van der Waals surface area contributed by atoms with Crippen molar-refractivity contribution in [2.24, 2.45) is 7.05 Å². The van der Waals surface area contributed by atoms with E-state index in [2.05, 4.69) is 24.5 Å². The fourth-order valence-corrected chi connectivity index (χ4v) is 4.71. The van der Waals surface area contributed by atoms with Gasteiger partial charge < -0.3 is 19.4 Å². The molecule has 1 heterocycles. The van der Waals surface area contributed by atoms with Crippen LogP contribution in [-0.4, -0.2) is 39.4 Å². The van der Waals surface area contributed by atoms with Crippen LogP contribution in [0.15, 0.2) is 66.7 Å². The van der Waals surface area contributed by atoms with E-state index in [9.17, 15) is 9.59 Å². The molecule has 0 aliphatic carbocycles. The highest BCUT2D eigenvalue weighted by atomic mass is 32.2. The van der Waals surface area contributed by atoms with Crippen LogP contribution in [0, 0.1) is 0 Å². The van der Waals surface area contributed by atoms with E-state index >= 15 is 0 Å². The van der Waals surface area contributed by atoms with Crippen LogP contribution in [0.1, 0.15) is 31.7 Å². The number of thioether (sulfide) groups is 1. The second kappa shape index (κ2) is 13.2. The smallest absolute Gasteiger partial charge is 0.239 e. The van der Waals surface area contributed by atoms with Crippen LogP contribution in [0.4, 0.5) is 5.69 Å². The number of aromatic nitrogens is 2. The minimum Gasteiger partial charge on any atom is -0.486 e. The molecule has 0 fully saturated rings. The van der Waals surface area contributed by atoms with Gasteiger partial charge in [-0.05, 0) is 80.1 Å². The third-order valence-electron chi connectivity index (χ3n) is 6.55. The number of carbonyl (C=O) groups is 2. The first-order valence-electron chi connectivity index (χ1n) is 12.9. The van der Waals surface area contributed by atoms with Gasteiger partial charge in [-0.2, -0.15) is 11.8 Å². The van der Waals surface area contributed by atoms with Gasteiger partial charge in [0.05, 0.1) is 16.3 Å². The van der Waals surface area contributed by atoms with Gasteiger partial charge in [-0.1, -0.05) is 19.1 Å². The van der Waals surface area contributed by atoms with Crippen LogP contribution in [0.2, 0.25) is 0 Å². The van der Waals surface area contributed by atoms with Crippen molar-refractivity contribution >= 4 is 40.8 Å². The first kappa shape index (κ1) is 28.0. The minimum absolute atomic E-state index is 0.291. The summed E-state index contributed by atoms with van der Waals surface area (Å²) in [7, 11) is 1.96. The minimum atomic E-state index is -0.332. The zero-order valence-corrected chi connectivity index (χ0v) is 23.5. The molecule has 0 aliphatic heterocycles. The summed E-state index contributed by atoms with van der Waals surface area (Å²) in [5, 5.41) is 5.35. The zero-order chi connectivity index (χ0) is 27.8. The number of aryl methyl sites for hydroxylation is 1. The monoisotopic (exact) mass is 546 g/mol. The number of amides is 2. The molecular formula is C30H34N4O4S. The topological polar surface area (TPSA) is 94.5 Å². The van der Waals surface area contributed by atoms with Crippen molar-refractivity contribution in [1.29, 1.82) is 0 Å². The maximum absolute atomic E-state index is 12.0. The number of benzene rings is 3. The molecule has 204 valence electrons. The van der Waals surface area contributed by atoms with Gasteiger partial charge in [0.25, 0.3) is 0 Å². The summed E-state index contributed by atoms with van der Waals surface area (Å²) in [6.07, 6.45) is 3.85. The van der Waals surface area contributed by atoms with Gasteiger partial charge in [-0.3, -0.25) is 14.9 Å². The highest BCUT2D eigenvalue weighted by Crippen LogP contribution is 2.27. The van der Waals surface area contributed by atoms with Crippen molar-refractivity contribution in [2.45, 2.75) is 44.6 Å². The fourth-order valence-electron chi connectivity index (χ4n) is 4.07. The largest absolute Gasteiger partial charge is 0.486 e. The van der Waals surface area contributed by atoms with E-state index in [0.717, 1.165) is 46.0 Å². The molecule has 0 radical (unpaired) electrons. The molecule has 8 nitrogen and oxygen atoms in total. The van der Waals surface area contributed by atoms with E-state index in [1.807, 2.05) is 84.6 Å². The number of ether oxygens (including phenoxy) is 2. The van der Waals surface area contributed by atoms with Crippen LogP contribution >= 0.6 is 11.8 Å². The molecule has 0 bridgehead atoms. The molecular weight excluding hydrogens is 512 g/mol. The lowest BCUT2D eigenvalue weighted by molar-refractivity contribution is -0.124. The van der Waals surface area contributed by atoms with E-state index in [1.165, 1.54) is 11.8 Å². The SMILES string of the molecule is CCC(C)Nc1ccc(Oc2ccc3nc(COc4ccc(CC(SC)C(=O)NC=O)cc4)n(C)c3c2)cc1. The lowest BCUT2D eigenvalue weighted by atomic mass is 10.1. The molecule has 2 N–H and O–H groups in total. The summed E-state index contributed by atoms with van der Waals surface area (Å²) >= 11 is 1.41. The Bertz CT molecular complexity index is 1400. The Kier molecular flexibility index (Phi) is 9.49. The van der Waals surface area contributed by atoms with Crippen LogP contribution in [-0.2, 0) is 29.7 Å². The van der Waals surface area contributed by atoms with Gasteiger partial charge in [-0.15, -0.1) is 0 Å². The Labute approximate surface area is 233 Å². The van der Waals surface area contributed by atoms with Crippen LogP contribution in [0.5, 0.6) is 17.2 Å². The quantitative estimate of drug-likeness (QED) is 0.208. The number of imide groups is 1. The number of imidazole rings is 1. The lowest BCUT2D eigenvalue weighted by Crippen LogP contribution is -2.32. The number of hydrogen-bond acceptors (Lipinski definition) is 7. The average Bonchev–Trinajstić information content (AvgIpc) is 3.26. The van der Waals surface area contributed by atoms with Gasteiger partial charge in [0, 0.05) is 24.8 Å². The maximum atomic E-state index is 12.0. The van der Waals surface area contributed by atoms with Gasteiger partial charge in [-0.25, -0.2) is 4.98 Å². The molecule has 4 aromatic rings. The number of rotatable bonds is 13. The normalized spacial score (nSPS) is 12.5. The number of fused-ring (bicyclic) bond motifs is 1. The van der Waals surface area contributed by atoms with Crippen LogP contribution < -0.4 is 20.1 Å². The highest BCUT2D eigenvalue weighted by Gasteiger charge is 2.17. The predicted molar refractivity (Wildman–Crippen MR) is 157 cm³/mol. The van der Waals surface area contributed by atoms with E-state index in [1.54, 1.807) is 0 Å². The summed E-state index contributed by atoms with van der Waals surface area (Å²) in [6.45, 7) is 4.62. The standard InChI is InChI=1S/C30H34N4O4S/c1-5-20(2)32-22-8-12-24(13-9-22)38-25-14-15-26-27(17-25)34(3)29(33-26)18-37-23-10-6-21(7-11-23)16-28(39-4)30(36)31-19-35/h6-15,17,19-20,28,32H,5,16,18H2,1-4H3,(H,31,35,36). The molecule has 0 saturated carbocycles. The molecule has 0 aliphatic rings. The molecule has 2 amide bonds. The van der Waals surface area contributed by atoms with Crippen molar-refractivity contribution < 1.29 is 19.1 Å². The Morgan fingerprint density at radius 1 is 1.05 bits per heavy atom. The van der Waals surface area contributed by atoms with Crippen molar-refractivity contribution in [1.82, 2.24) is 14.9 Å².